The van der Waals surface area contributed by atoms with Crippen LogP contribution in [-0.4, -0.2) is 26.0 Å². The highest BCUT2D eigenvalue weighted by Gasteiger charge is 2.16. The molecule has 0 aromatic heterocycles. The molecule has 0 unspecified atom stereocenters. The molecule has 2 aromatic carbocycles. The van der Waals surface area contributed by atoms with Gasteiger partial charge in [-0.1, -0.05) is 27.5 Å². The van der Waals surface area contributed by atoms with E-state index in [1.54, 1.807) is 43.4 Å². The monoisotopic (exact) mass is 381 g/mol. The molecule has 0 saturated carbocycles. The molecular formula is C16H13BrClNO3. The van der Waals surface area contributed by atoms with Crippen molar-refractivity contribution in [3.05, 3.63) is 63.1 Å². The Morgan fingerprint density at radius 2 is 1.68 bits per heavy atom. The largest absolute Gasteiger partial charge is 0.465 e. The summed E-state index contributed by atoms with van der Waals surface area (Å²) in [6.45, 7) is 0. The van der Waals surface area contributed by atoms with E-state index in [-0.39, 0.29) is 5.91 Å². The predicted octanol–water partition coefficient (Wildman–Crippen LogP) is 4.17. The van der Waals surface area contributed by atoms with Crippen LogP contribution < -0.4 is 4.90 Å². The van der Waals surface area contributed by atoms with E-state index in [9.17, 15) is 9.59 Å². The third-order valence-corrected chi connectivity index (χ3v) is 3.92. The van der Waals surface area contributed by atoms with E-state index in [4.69, 9.17) is 11.6 Å². The molecular weight excluding hydrogens is 370 g/mol. The molecule has 2 aromatic rings. The second-order valence-corrected chi connectivity index (χ2v) is 5.85. The fourth-order valence-corrected chi connectivity index (χ4v) is 2.72. The summed E-state index contributed by atoms with van der Waals surface area (Å²) in [7, 11) is 2.95. The van der Waals surface area contributed by atoms with Crippen LogP contribution in [0.1, 0.15) is 20.7 Å². The van der Waals surface area contributed by atoms with Crippen molar-refractivity contribution in [2.45, 2.75) is 0 Å². The smallest absolute Gasteiger partial charge is 0.337 e. The first-order valence-corrected chi connectivity index (χ1v) is 7.52. The van der Waals surface area contributed by atoms with Gasteiger partial charge in [0.05, 0.1) is 23.4 Å². The summed E-state index contributed by atoms with van der Waals surface area (Å²) in [5.41, 5.74) is 1.45. The lowest BCUT2D eigenvalue weighted by molar-refractivity contribution is 0.0600. The van der Waals surface area contributed by atoms with Crippen molar-refractivity contribution in [3.63, 3.8) is 0 Å². The van der Waals surface area contributed by atoms with Gasteiger partial charge in [-0.25, -0.2) is 4.79 Å². The summed E-state index contributed by atoms with van der Waals surface area (Å²) in [6.07, 6.45) is 0. The molecule has 0 saturated heterocycles. The van der Waals surface area contributed by atoms with Crippen LogP contribution in [0.2, 0.25) is 5.02 Å². The number of methoxy groups -OCH3 is 1. The summed E-state index contributed by atoms with van der Waals surface area (Å²) < 4.78 is 5.46. The Morgan fingerprint density at radius 3 is 2.23 bits per heavy atom. The van der Waals surface area contributed by atoms with E-state index < -0.39 is 5.97 Å². The number of anilines is 1. The van der Waals surface area contributed by atoms with Crippen molar-refractivity contribution in [2.75, 3.05) is 19.1 Å². The summed E-state index contributed by atoms with van der Waals surface area (Å²) in [4.78, 5) is 25.3. The zero-order valence-corrected chi connectivity index (χ0v) is 14.3. The van der Waals surface area contributed by atoms with E-state index in [1.807, 2.05) is 6.07 Å². The van der Waals surface area contributed by atoms with E-state index in [0.717, 1.165) is 4.47 Å². The van der Waals surface area contributed by atoms with Gasteiger partial charge in [-0.05, 0) is 42.5 Å². The molecule has 0 radical (unpaired) electrons. The van der Waals surface area contributed by atoms with Gasteiger partial charge in [-0.2, -0.15) is 0 Å². The van der Waals surface area contributed by atoms with Crippen molar-refractivity contribution in [2.24, 2.45) is 0 Å². The van der Waals surface area contributed by atoms with Crippen LogP contribution in [0.15, 0.2) is 46.9 Å². The highest BCUT2D eigenvalue weighted by Crippen LogP contribution is 2.29. The fraction of sp³-hybridized carbons (Fsp3) is 0.125. The number of carbonyl (C=O) groups excluding carboxylic acids is 2. The number of hydrogen-bond donors (Lipinski definition) is 0. The molecule has 6 heteroatoms. The molecule has 1 amide bonds. The van der Waals surface area contributed by atoms with Crippen molar-refractivity contribution in [1.29, 1.82) is 0 Å². The summed E-state index contributed by atoms with van der Waals surface area (Å²) in [5, 5.41) is 0.469. The van der Waals surface area contributed by atoms with E-state index in [2.05, 4.69) is 20.7 Å². The molecule has 0 aliphatic heterocycles. The average molecular weight is 383 g/mol. The second-order valence-electron chi connectivity index (χ2n) is 4.53. The second kappa shape index (κ2) is 6.94. The molecule has 114 valence electrons. The number of carbonyl (C=O) groups is 2. The standard InChI is InChI=1S/C16H13BrClNO3/c1-19(14-8-7-12(17)9-13(14)18)15(20)10-3-5-11(6-4-10)16(21)22-2/h3-9H,1-2H3. The Labute approximate surface area is 141 Å². The number of nitrogens with zero attached hydrogens (tertiary/aromatic N) is 1. The molecule has 4 nitrogen and oxygen atoms in total. The number of ether oxygens (including phenoxy) is 1. The van der Waals surface area contributed by atoms with Crippen molar-refractivity contribution in [3.8, 4) is 0 Å². The lowest BCUT2D eigenvalue weighted by Gasteiger charge is -2.19. The van der Waals surface area contributed by atoms with Crippen molar-refractivity contribution >= 4 is 45.1 Å². The molecule has 22 heavy (non-hydrogen) atoms. The van der Waals surface area contributed by atoms with Crippen LogP contribution in [0.25, 0.3) is 0 Å². The summed E-state index contributed by atoms with van der Waals surface area (Å²) >= 11 is 9.48. The fourth-order valence-electron chi connectivity index (χ4n) is 1.92. The Hall–Kier alpha value is -1.85. The van der Waals surface area contributed by atoms with E-state index >= 15 is 0 Å². The number of amides is 1. The number of halogens is 2. The molecule has 0 aliphatic rings. The first kappa shape index (κ1) is 16.5. The van der Waals surface area contributed by atoms with Gasteiger partial charge in [0.2, 0.25) is 0 Å². The topological polar surface area (TPSA) is 46.6 Å². The lowest BCUT2D eigenvalue weighted by Crippen LogP contribution is -2.26. The predicted molar refractivity (Wildman–Crippen MR) is 89.7 cm³/mol. The van der Waals surface area contributed by atoms with Gasteiger partial charge in [0, 0.05) is 17.1 Å². The first-order valence-electron chi connectivity index (χ1n) is 6.35. The molecule has 0 fully saturated rings. The molecule has 0 bridgehead atoms. The van der Waals surface area contributed by atoms with Gasteiger partial charge in [-0.15, -0.1) is 0 Å². The maximum atomic E-state index is 12.5. The van der Waals surface area contributed by atoms with E-state index in [1.165, 1.54) is 12.0 Å². The quantitative estimate of drug-likeness (QED) is 0.749. The molecule has 0 aliphatic carbocycles. The van der Waals surface area contributed by atoms with Crippen LogP contribution in [-0.2, 0) is 4.74 Å². The highest BCUT2D eigenvalue weighted by atomic mass is 79.9. The summed E-state index contributed by atoms with van der Waals surface area (Å²) in [6, 6.07) is 11.6. The third kappa shape index (κ3) is 3.48. The molecule has 0 spiro atoms. The van der Waals surface area contributed by atoms with Crippen molar-refractivity contribution < 1.29 is 14.3 Å². The Morgan fingerprint density at radius 1 is 1.09 bits per heavy atom. The molecule has 0 heterocycles. The Kier molecular flexibility index (Phi) is 5.21. The minimum atomic E-state index is -0.441. The number of benzene rings is 2. The average Bonchev–Trinajstić information content (AvgIpc) is 2.53. The molecule has 0 N–H and O–H groups in total. The van der Waals surface area contributed by atoms with Crippen molar-refractivity contribution in [1.82, 2.24) is 0 Å². The summed E-state index contributed by atoms with van der Waals surface area (Å²) in [5.74, 6) is -0.663. The zero-order valence-electron chi connectivity index (χ0n) is 12.0. The SMILES string of the molecule is COC(=O)c1ccc(C(=O)N(C)c2ccc(Br)cc2Cl)cc1. The zero-order chi connectivity index (χ0) is 16.3. The highest BCUT2D eigenvalue weighted by molar-refractivity contribution is 9.10. The number of hydrogen-bond acceptors (Lipinski definition) is 3. The minimum Gasteiger partial charge on any atom is -0.465 e. The lowest BCUT2D eigenvalue weighted by atomic mass is 10.1. The van der Waals surface area contributed by atoms with Crippen LogP contribution in [0.3, 0.4) is 0 Å². The van der Waals surface area contributed by atoms with Gasteiger partial charge in [0.15, 0.2) is 0 Å². The van der Waals surface area contributed by atoms with Crippen LogP contribution in [0, 0.1) is 0 Å². The normalized spacial score (nSPS) is 10.2. The Balaban J connectivity index is 2.25. The van der Waals surface area contributed by atoms with Gasteiger partial charge in [-0.3, -0.25) is 4.79 Å². The van der Waals surface area contributed by atoms with Crippen LogP contribution >= 0.6 is 27.5 Å². The first-order chi connectivity index (χ1) is 10.4. The minimum absolute atomic E-state index is 0.222. The molecule has 0 atom stereocenters. The van der Waals surface area contributed by atoms with Gasteiger partial charge >= 0.3 is 5.97 Å². The maximum absolute atomic E-state index is 12.5. The Bertz CT molecular complexity index is 716. The van der Waals surface area contributed by atoms with Gasteiger partial charge in [0.25, 0.3) is 5.91 Å². The number of rotatable bonds is 3. The van der Waals surface area contributed by atoms with Gasteiger partial charge in [0.1, 0.15) is 0 Å². The van der Waals surface area contributed by atoms with Gasteiger partial charge < -0.3 is 9.64 Å². The molecule has 2 rings (SSSR count). The van der Waals surface area contributed by atoms with Crippen LogP contribution in [0.4, 0.5) is 5.69 Å². The maximum Gasteiger partial charge on any atom is 0.337 e. The third-order valence-electron chi connectivity index (χ3n) is 3.13. The number of esters is 1. The van der Waals surface area contributed by atoms with E-state index in [0.29, 0.717) is 21.8 Å². The van der Waals surface area contributed by atoms with Crippen LogP contribution in [0.5, 0.6) is 0 Å².